The van der Waals surface area contributed by atoms with E-state index in [1.54, 1.807) is 12.1 Å². The van der Waals surface area contributed by atoms with Crippen LogP contribution in [0.5, 0.6) is 0 Å². The van der Waals surface area contributed by atoms with Crippen LogP contribution in [0.2, 0.25) is 0 Å². The summed E-state index contributed by atoms with van der Waals surface area (Å²) in [5.41, 5.74) is 0.0636. The number of nitrogens with one attached hydrogen (secondary N) is 1. The number of alkyl halides is 3. The van der Waals surface area contributed by atoms with Gasteiger partial charge in [0.1, 0.15) is 11.5 Å². The highest BCUT2D eigenvalue weighted by Crippen LogP contribution is 2.27. The highest BCUT2D eigenvalue weighted by atomic mass is 19.4. The minimum atomic E-state index is -5.43. The Hall–Kier alpha value is -3.21. The van der Waals surface area contributed by atoms with Crippen molar-refractivity contribution in [3.63, 3.8) is 0 Å². The SMILES string of the molecule is O=C(N(OC(=O)C(F)(F)F)c1ccc(F)cc1F)N(CCc1ccccc1)C1CCNCC1. The number of anilines is 1. The zero-order valence-corrected chi connectivity index (χ0v) is 17.4. The first kappa shape index (κ1) is 24.4. The zero-order valence-electron chi connectivity index (χ0n) is 17.4. The van der Waals surface area contributed by atoms with Crippen LogP contribution in [0.1, 0.15) is 18.4 Å². The predicted octanol–water partition coefficient (Wildman–Crippen LogP) is 4.21. The topological polar surface area (TPSA) is 61.9 Å². The molecule has 6 nitrogen and oxygen atoms in total. The average molecular weight is 471 g/mol. The third-order valence-electron chi connectivity index (χ3n) is 5.19. The number of benzene rings is 2. The van der Waals surface area contributed by atoms with Gasteiger partial charge in [-0.15, -0.1) is 5.06 Å². The summed E-state index contributed by atoms with van der Waals surface area (Å²) in [6.07, 6.45) is -4.08. The van der Waals surface area contributed by atoms with Crippen molar-refractivity contribution in [2.24, 2.45) is 0 Å². The highest BCUT2D eigenvalue weighted by Gasteiger charge is 2.45. The number of halogens is 5. The molecule has 178 valence electrons. The van der Waals surface area contributed by atoms with Crippen molar-refractivity contribution >= 4 is 17.7 Å². The molecule has 2 aromatic rings. The van der Waals surface area contributed by atoms with Gasteiger partial charge in [-0.2, -0.15) is 13.2 Å². The molecule has 2 amide bonds. The summed E-state index contributed by atoms with van der Waals surface area (Å²) in [6.45, 7) is 1.20. The standard InChI is InChI=1S/C22H22F5N3O3/c23-16-6-7-19(18(24)14-16)30(33-20(31)22(25,26)27)21(32)29(17-8-11-28-12-9-17)13-10-15-4-2-1-3-5-15/h1-7,14,17,28H,8-13H2. The van der Waals surface area contributed by atoms with E-state index in [4.69, 9.17) is 0 Å². The number of piperidine rings is 1. The van der Waals surface area contributed by atoms with E-state index in [-0.39, 0.29) is 11.6 Å². The van der Waals surface area contributed by atoms with Crippen molar-refractivity contribution in [1.82, 2.24) is 10.2 Å². The van der Waals surface area contributed by atoms with E-state index < -0.39 is 41.5 Å². The fraction of sp³-hybridized carbons (Fsp3) is 0.364. The molecule has 0 radical (unpaired) electrons. The van der Waals surface area contributed by atoms with E-state index in [9.17, 15) is 31.5 Å². The van der Waals surface area contributed by atoms with Gasteiger partial charge in [-0.25, -0.2) is 18.4 Å². The molecular formula is C22H22F5N3O3. The van der Waals surface area contributed by atoms with E-state index in [1.165, 1.54) is 4.90 Å². The molecule has 2 aromatic carbocycles. The first-order chi connectivity index (χ1) is 15.7. The molecule has 0 saturated carbocycles. The van der Waals surface area contributed by atoms with Gasteiger partial charge in [-0.3, -0.25) is 0 Å². The van der Waals surface area contributed by atoms with Crippen molar-refractivity contribution < 1.29 is 36.4 Å². The monoisotopic (exact) mass is 471 g/mol. The molecule has 1 fully saturated rings. The lowest BCUT2D eigenvalue weighted by Gasteiger charge is -2.37. The summed E-state index contributed by atoms with van der Waals surface area (Å²) in [6, 6.07) is 9.40. The summed E-state index contributed by atoms with van der Waals surface area (Å²) in [5.74, 6) is -5.07. The molecular weight excluding hydrogens is 449 g/mol. The lowest BCUT2D eigenvalue weighted by Crippen LogP contribution is -2.53. The maximum Gasteiger partial charge on any atom is 0.493 e. The first-order valence-corrected chi connectivity index (χ1v) is 10.3. The van der Waals surface area contributed by atoms with Gasteiger partial charge in [-0.1, -0.05) is 30.3 Å². The fourth-order valence-corrected chi connectivity index (χ4v) is 3.54. The minimum absolute atomic E-state index is 0.0440. The van der Waals surface area contributed by atoms with Crippen molar-refractivity contribution in [2.75, 3.05) is 24.7 Å². The molecule has 0 aliphatic carbocycles. The fourth-order valence-electron chi connectivity index (χ4n) is 3.54. The lowest BCUT2D eigenvalue weighted by molar-refractivity contribution is -0.200. The Morgan fingerprint density at radius 1 is 1.03 bits per heavy atom. The molecule has 0 spiro atoms. The maximum absolute atomic E-state index is 14.4. The van der Waals surface area contributed by atoms with Gasteiger partial charge in [0.15, 0.2) is 5.82 Å². The van der Waals surface area contributed by atoms with E-state index >= 15 is 0 Å². The van der Waals surface area contributed by atoms with Gasteiger partial charge >= 0.3 is 18.2 Å². The van der Waals surface area contributed by atoms with Crippen LogP contribution in [0.3, 0.4) is 0 Å². The van der Waals surface area contributed by atoms with Crippen LogP contribution < -0.4 is 10.4 Å². The van der Waals surface area contributed by atoms with Crippen LogP contribution in [0.15, 0.2) is 48.5 Å². The Balaban J connectivity index is 1.94. The average Bonchev–Trinajstić information content (AvgIpc) is 2.78. The van der Waals surface area contributed by atoms with Crippen LogP contribution in [-0.4, -0.2) is 48.8 Å². The zero-order chi connectivity index (χ0) is 24.0. The largest absolute Gasteiger partial charge is 0.493 e. The predicted molar refractivity (Wildman–Crippen MR) is 109 cm³/mol. The molecule has 1 aliphatic heterocycles. The van der Waals surface area contributed by atoms with Gasteiger partial charge in [0.05, 0.1) is 0 Å². The van der Waals surface area contributed by atoms with Crippen LogP contribution >= 0.6 is 0 Å². The number of hydrogen-bond donors (Lipinski definition) is 1. The van der Waals surface area contributed by atoms with E-state index in [0.29, 0.717) is 38.4 Å². The van der Waals surface area contributed by atoms with E-state index in [2.05, 4.69) is 10.2 Å². The molecule has 1 aliphatic rings. The third kappa shape index (κ3) is 6.41. The van der Waals surface area contributed by atoms with Crippen molar-refractivity contribution in [2.45, 2.75) is 31.5 Å². The first-order valence-electron chi connectivity index (χ1n) is 10.3. The summed E-state index contributed by atoms with van der Waals surface area (Å²) >= 11 is 0. The number of carbonyl (C=O) groups is 2. The maximum atomic E-state index is 14.4. The van der Waals surface area contributed by atoms with Gasteiger partial charge in [0.2, 0.25) is 0 Å². The Morgan fingerprint density at radius 3 is 2.30 bits per heavy atom. The Kier molecular flexibility index (Phi) is 7.85. The van der Waals surface area contributed by atoms with Crippen molar-refractivity contribution in [3.8, 4) is 0 Å². The van der Waals surface area contributed by atoms with Crippen LogP contribution in [0, 0.1) is 11.6 Å². The molecule has 1 saturated heterocycles. The molecule has 33 heavy (non-hydrogen) atoms. The van der Waals surface area contributed by atoms with Crippen LogP contribution in [0.4, 0.5) is 32.4 Å². The minimum Gasteiger partial charge on any atom is -0.323 e. The smallest absolute Gasteiger partial charge is 0.323 e. The van der Waals surface area contributed by atoms with Crippen molar-refractivity contribution in [1.29, 1.82) is 0 Å². The molecule has 1 N–H and O–H groups in total. The number of rotatable bonds is 5. The van der Waals surface area contributed by atoms with Crippen LogP contribution in [-0.2, 0) is 16.1 Å². The van der Waals surface area contributed by atoms with Crippen LogP contribution in [0.25, 0.3) is 0 Å². The number of urea groups is 1. The van der Waals surface area contributed by atoms with Gasteiger partial charge in [-0.05, 0) is 50.0 Å². The number of hydrogen-bond acceptors (Lipinski definition) is 4. The molecule has 0 unspecified atom stereocenters. The molecule has 0 bridgehead atoms. The Labute approximate surface area is 186 Å². The lowest BCUT2D eigenvalue weighted by atomic mass is 10.0. The van der Waals surface area contributed by atoms with Gasteiger partial charge < -0.3 is 15.1 Å². The quantitative estimate of drug-likeness (QED) is 0.525. The summed E-state index contributed by atoms with van der Waals surface area (Å²) in [7, 11) is 0. The second-order valence-corrected chi connectivity index (χ2v) is 7.46. The van der Waals surface area contributed by atoms with Gasteiger partial charge in [0.25, 0.3) is 0 Å². The Morgan fingerprint density at radius 2 is 1.70 bits per heavy atom. The normalized spacial score (nSPS) is 14.6. The van der Waals surface area contributed by atoms with Gasteiger partial charge in [0, 0.05) is 18.7 Å². The summed E-state index contributed by atoms with van der Waals surface area (Å²) in [4.78, 5) is 30.5. The number of amides is 2. The van der Waals surface area contributed by atoms with E-state index in [1.807, 2.05) is 18.2 Å². The number of nitrogens with zero attached hydrogens (tertiary/aromatic N) is 2. The molecule has 3 rings (SSSR count). The molecule has 11 heteroatoms. The Bertz CT molecular complexity index is 965. The number of hydroxylamine groups is 1. The second kappa shape index (κ2) is 10.6. The third-order valence-corrected chi connectivity index (χ3v) is 5.19. The molecule has 0 atom stereocenters. The second-order valence-electron chi connectivity index (χ2n) is 7.46. The van der Waals surface area contributed by atoms with E-state index in [0.717, 1.165) is 17.7 Å². The molecule has 1 heterocycles. The van der Waals surface area contributed by atoms with Crippen molar-refractivity contribution in [3.05, 3.63) is 65.7 Å². The molecule has 0 aromatic heterocycles. The summed E-state index contributed by atoms with van der Waals surface area (Å²) in [5, 5.41) is 3.08. The summed E-state index contributed by atoms with van der Waals surface area (Å²) < 4.78 is 66.5. The highest BCUT2D eigenvalue weighted by molar-refractivity contribution is 5.93. The number of carbonyl (C=O) groups excluding carboxylic acids is 2.